The monoisotopic (exact) mass is 357 g/mol. The maximum atomic E-state index is 14.1. The van der Waals surface area contributed by atoms with Crippen LogP contribution < -0.4 is 0 Å². The number of terminal acetylenes is 1. The fourth-order valence-electron chi connectivity index (χ4n) is 3.07. The Morgan fingerprint density at radius 2 is 1.88 bits per heavy atom. The van der Waals surface area contributed by atoms with Crippen molar-refractivity contribution in [1.82, 2.24) is 4.40 Å². The molecule has 0 unspecified atom stereocenters. The van der Waals surface area contributed by atoms with Crippen molar-refractivity contribution in [2.45, 2.75) is 20.0 Å². The highest BCUT2D eigenvalue weighted by Gasteiger charge is 2.35. The van der Waals surface area contributed by atoms with E-state index in [1.54, 1.807) is 6.07 Å². The van der Waals surface area contributed by atoms with Crippen LogP contribution in [0.1, 0.15) is 29.2 Å². The van der Waals surface area contributed by atoms with E-state index in [1.807, 2.05) is 32.0 Å². The summed E-state index contributed by atoms with van der Waals surface area (Å²) in [5.41, 5.74) is 3.17. The van der Waals surface area contributed by atoms with Gasteiger partial charge in [-0.1, -0.05) is 30.2 Å². The van der Waals surface area contributed by atoms with Gasteiger partial charge in [0, 0.05) is 6.20 Å². The van der Waals surface area contributed by atoms with E-state index in [1.165, 1.54) is 4.40 Å². The number of allylic oxidation sites excluding steroid dienone is 1. The standard InChI is InChI=1S/C21H15F4N/c1-5-14-9-19(15-6-7-16(12(2)3)13(4)8-15)26-11-18(22)17(10-20(14)26)21(23,24)25/h1,6-11H,2H2,3-4H3. The summed E-state index contributed by atoms with van der Waals surface area (Å²) in [6.45, 7) is 7.71. The maximum Gasteiger partial charge on any atom is 0.419 e. The van der Waals surface area contributed by atoms with Gasteiger partial charge in [0.2, 0.25) is 0 Å². The summed E-state index contributed by atoms with van der Waals surface area (Å²) in [7, 11) is 0. The van der Waals surface area contributed by atoms with E-state index in [2.05, 4.69) is 12.5 Å². The molecule has 0 amide bonds. The van der Waals surface area contributed by atoms with Gasteiger partial charge in [-0.2, -0.15) is 13.2 Å². The number of halogens is 4. The van der Waals surface area contributed by atoms with E-state index in [-0.39, 0.29) is 11.1 Å². The van der Waals surface area contributed by atoms with Gasteiger partial charge in [0.25, 0.3) is 0 Å². The largest absolute Gasteiger partial charge is 0.419 e. The van der Waals surface area contributed by atoms with Gasteiger partial charge in [-0.3, -0.25) is 0 Å². The van der Waals surface area contributed by atoms with E-state index in [9.17, 15) is 17.6 Å². The summed E-state index contributed by atoms with van der Waals surface area (Å²) < 4.78 is 54.4. The fraction of sp³-hybridized carbons (Fsp3) is 0.143. The highest BCUT2D eigenvalue weighted by molar-refractivity contribution is 5.77. The van der Waals surface area contributed by atoms with Crippen molar-refractivity contribution in [1.29, 1.82) is 0 Å². The van der Waals surface area contributed by atoms with E-state index in [4.69, 9.17) is 6.42 Å². The van der Waals surface area contributed by atoms with Crippen molar-refractivity contribution >= 4 is 11.1 Å². The van der Waals surface area contributed by atoms with Gasteiger partial charge in [-0.25, -0.2) is 4.39 Å². The molecule has 26 heavy (non-hydrogen) atoms. The van der Waals surface area contributed by atoms with E-state index >= 15 is 0 Å². The molecule has 0 aliphatic rings. The van der Waals surface area contributed by atoms with Gasteiger partial charge >= 0.3 is 6.18 Å². The van der Waals surface area contributed by atoms with Crippen LogP contribution in [-0.2, 0) is 6.18 Å². The number of aryl methyl sites for hydroxylation is 1. The second kappa shape index (κ2) is 6.06. The second-order valence-electron chi connectivity index (χ2n) is 6.19. The first-order valence-electron chi connectivity index (χ1n) is 7.78. The molecule has 0 atom stereocenters. The summed E-state index contributed by atoms with van der Waals surface area (Å²) in [5, 5.41) is 0. The van der Waals surface area contributed by atoms with Crippen molar-refractivity contribution < 1.29 is 17.6 Å². The molecule has 5 heteroatoms. The molecule has 0 bridgehead atoms. The third-order valence-electron chi connectivity index (χ3n) is 4.30. The number of benzene rings is 1. The Morgan fingerprint density at radius 3 is 2.42 bits per heavy atom. The summed E-state index contributed by atoms with van der Waals surface area (Å²) in [5.74, 6) is 1.03. The zero-order valence-corrected chi connectivity index (χ0v) is 14.2. The predicted molar refractivity (Wildman–Crippen MR) is 95.2 cm³/mol. The Hall–Kier alpha value is -3.00. The first-order chi connectivity index (χ1) is 12.1. The Morgan fingerprint density at radius 1 is 1.19 bits per heavy atom. The van der Waals surface area contributed by atoms with Gasteiger partial charge < -0.3 is 4.40 Å². The zero-order valence-electron chi connectivity index (χ0n) is 14.2. The van der Waals surface area contributed by atoms with Crippen LogP contribution in [0.4, 0.5) is 17.6 Å². The molecule has 0 N–H and O–H groups in total. The summed E-state index contributed by atoms with van der Waals surface area (Å²) in [6.07, 6.45) is 1.49. The minimum absolute atomic E-state index is 0.137. The number of hydrogen-bond acceptors (Lipinski definition) is 0. The number of fused-ring (bicyclic) bond motifs is 1. The molecule has 0 radical (unpaired) electrons. The molecule has 0 spiro atoms. The topological polar surface area (TPSA) is 4.41 Å². The van der Waals surface area contributed by atoms with Crippen LogP contribution in [-0.4, -0.2) is 4.40 Å². The highest BCUT2D eigenvalue weighted by Crippen LogP contribution is 2.35. The molecule has 0 saturated heterocycles. The minimum Gasteiger partial charge on any atom is -0.312 e. The quantitative estimate of drug-likeness (QED) is 0.386. The van der Waals surface area contributed by atoms with Crippen molar-refractivity contribution in [2.75, 3.05) is 0 Å². The van der Waals surface area contributed by atoms with E-state index in [0.717, 1.165) is 34.5 Å². The van der Waals surface area contributed by atoms with Crippen LogP contribution in [0, 0.1) is 25.1 Å². The van der Waals surface area contributed by atoms with Crippen LogP contribution in [0.2, 0.25) is 0 Å². The lowest BCUT2D eigenvalue weighted by Crippen LogP contribution is -2.09. The lowest BCUT2D eigenvalue weighted by molar-refractivity contribution is -0.139. The second-order valence-corrected chi connectivity index (χ2v) is 6.19. The number of alkyl halides is 3. The number of nitrogens with zero attached hydrogens (tertiary/aromatic N) is 1. The van der Waals surface area contributed by atoms with E-state index < -0.39 is 17.6 Å². The molecular formula is C21H15F4N. The lowest BCUT2D eigenvalue weighted by atomic mass is 9.99. The molecule has 0 aliphatic heterocycles. The van der Waals surface area contributed by atoms with Gasteiger partial charge in [-0.15, -0.1) is 6.42 Å². The maximum absolute atomic E-state index is 14.1. The first-order valence-corrected chi connectivity index (χ1v) is 7.78. The molecule has 3 aromatic rings. The molecule has 3 rings (SSSR count). The van der Waals surface area contributed by atoms with Crippen molar-refractivity contribution in [3.63, 3.8) is 0 Å². The van der Waals surface area contributed by atoms with Crippen molar-refractivity contribution in [3.05, 3.63) is 71.2 Å². The smallest absolute Gasteiger partial charge is 0.312 e. The average Bonchev–Trinajstić information content (AvgIpc) is 2.90. The van der Waals surface area contributed by atoms with Gasteiger partial charge in [0.05, 0.1) is 22.3 Å². The molecular weight excluding hydrogens is 342 g/mol. The number of aromatic nitrogens is 1. The number of hydrogen-bond donors (Lipinski definition) is 0. The number of pyridine rings is 1. The van der Waals surface area contributed by atoms with E-state index in [0.29, 0.717) is 5.69 Å². The Balaban J connectivity index is 2.29. The van der Waals surface area contributed by atoms with Gasteiger partial charge in [0.1, 0.15) is 0 Å². The molecule has 0 aliphatic carbocycles. The normalized spacial score (nSPS) is 11.6. The lowest BCUT2D eigenvalue weighted by Gasteiger charge is -2.11. The summed E-state index contributed by atoms with van der Waals surface area (Å²) >= 11 is 0. The zero-order chi connectivity index (χ0) is 19.2. The highest BCUT2D eigenvalue weighted by atomic mass is 19.4. The SMILES string of the molecule is C#Cc1cc(-c2ccc(C(=C)C)c(C)c2)n2cc(F)c(C(F)(F)F)cc12. The molecule has 132 valence electrons. The molecule has 1 aromatic carbocycles. The first kappa shape index (κ1) is 17.8. The summed E-state index contributed by atoms with van der Waals surface area (Å²) in [4.78, 5) is 0. The van der Waals surface area contributed by atoms with Crippen LogP contribution in [0.5, 0.6) is 0 Å². The molecule has 1 nitrogen and oxygen atoms in total. The summed E-state index contributed by atoms with van der Waals surface area (Å²) in [6, 6.07) is 7.91. The Kier molecular flexibility index (Phi) is 4.15. The van der Waals surface area contributed by atoms with Crippen molar-refractivity contribution in [2.24, 2.45) is 0 Å². The van der Waals surface area contributed by atoms with Crippen LogP contribution >= 0.6 is 0 Å². The Labute approximate surface area is 148 Å². The number of rotatable bonds is 2. The van der Waals surface area contributed by atoms with Crippen molar-refractivity contribution in [3.8, 4) is 23.6 Å². The minimum atomic E-state index is -4.79. The fourth-order valence-corrected chi connectivity index (χ4v) is 3.07. The van der Waals surface area contributed by atoms with Crippen LogP contribution in [0.15, 0.2) is 43.1 Å². The molecule has 2 aromatic heterocycles. The molecule has 0 saturated carbocycles. The third-order valence-corrected chi connectivity index (χ3v) is 4.30. The average molecular weight is 357 g/mol. The van der Waals surface area contributed by atoms with Gasteiger partial charge in [-0.05, 0) is 48.7 Å². The Bertz CT molecular complexity index is 1080. The molecule has 2 heterocycles. The van der Waals surface area contributed by atoms with Crippen LogP contribution in [0.3, 0.4) is 0 Å². The van der Waals surface area contributed by atoms with Crippen LogP contribution in [0.25, 0.3) is 22.3 Å². The van der Waals surface area contributed by atoms with Gasteiger partial charge in [0.15, 0.2) is 5.82 Å². The predicted octanol–water partition coefficient (Wildman–Crippen LogP) is 6.09. The molecule has 0 fully saturated rings. The third kappa shape index (κ3) is 2.88.